The Hall–Kier alpha value is -1.13. The quantitative estimate of drug-likeness (QED) is 0.776. The number of nitrogens with zero attached hydrogens (tertiary/aromatic N) is 1. The fraction of sp³-hybridized carbons (Fsp3) is 0.583. The third kappa shape index (κ3) is 3.18. The molecule has 0 aromatic carbocycles. The van der Waals surface area contributed by atoms with Gasteiger partial charge in [-0.15, -0.1) is 0 Å². The molecule has 1 aromatic rings. The van der Waals surface area contributed by atoms with Crippen LogP contribution >= 0.6 is 0 Å². The number of methoxy groups -OCH3 is 1. The van der Waals surface area contributed by atoms with Crippen molar-refractivity contribution >= 4 is 0 Å². The molecule has 2 N–H and O–H groups in total. The lowest BCUT2D eigenvalue weighted by Crippen LogP contribution is -2.33. The molecule has 0 saturated carbocycles. The summed E-state index contributed by atoms with van der Waals surface area (Å²) in [6.07, 6.45) is 4.44. The minimum Gasteiger partial charge on any atom is -0.481 e. The molecule has 2 heterocycles. The van der Waals surface area contributed by atoms with Gasteiger partial charge in [-0.3, -0.25) is 0 Å². The maximum atomic E-state index is 5.01. The van der Waals surface area contributed by atoms with Gasteiger partial charge in [-0.05, 0) is 24.9 Å². The minimum absolute atomic E-state index is 0.645. The molecule has 0 radical (unpaired) electrons. The van der Waals surface area contributed by atoms with E-state index in [9.17, 15) is 0 Å². The van der Waals surface area contributed by atoms with Crippen molar-refractivity contribution in [3.05, 3.63) is 23.9 Å². The lowest BCUT2D eigenvalue weighted by Gasteiger charge is -2.11. The van der Waals surface area contributed by atoms with Crippen LogP contribution in [-0.4, -0.2) is 31.2 Å². The molecule has 1 aliphatic rings. The molecular weight excluding hydrogens is 202 g/mol. The van der Waals surface area contributed by atoms with Crippen LogP contribution in [0.4, 0.5) is 0 Å². The van der Waals surface area contributed by atoms with Gasteiger partial charge in [0.25, 0.3) is 0 Å². The van der Waals surface area contributed by atoms with E-state index in [2.05, 4.69) is 15.6 Å². The minimum atomic E-state index is 0.645. The van der Waals surface area contributed by atoms with Crippen LogP contribution in [0, 0.1) is 0 Å². The Morgan fingerprint density at radius 3 is 3.12 bits per heavy atom. The van der Waals surface area contributed by atoms with Crippen LogP contribution in [0.2, 0.25) is 0 Å². The summed E-state index contributed by atoms with van der Waals surface area (Å²) in [6.45, 7) is 3.07. The van der Waals surface area contributed by atoms with Crippen LogP contribution in [0.15, 0.2) is 18.3 Å². The second-order valence-corrected chi connectivity index (χ2v) is 4.13. The normalized spacial score (nSPS) is 19.9. The van der Waals surface area contributed by atoms with Crippen molar-refractivity contribution < 1.29 is 4.74 Å². The highest BCUT2D eigenvalue weighted by Gasteiger charge is 2.12. The zero-order valence-electron chi connectivity index (χ0n) is 9.70. The first-order chi connectivity index (χ1) is 7.88. The zero-order valence-corrected chi connectivity index (χ0v) is 9.70. The van der Waals surface area contributed by atoms with E-state index in [0.717, 1.165) is 19.6 Å². The highest BCUT2D eigenvalue weighted by molar-refractivity contribution is 5.17. The second kappa shape index (κ2) is 5.82. The fourth-order valence-corrected chi connectivity index (χ4v) is 1.96. The van der Waals surface area contributed by atoms with Crippen LogP contribution in [0.5, 0.6) is 5.88 Å². The van der Waals surface area contributed by atoms with Gasteiger partial charge in [0.1, 0.15) is 0 Å². The molecule has 2 rings (SSSR count). The summed E-state index contributed by atoms with van der Waals surface area (Å²) in [7, 11) is 1.63. The predicted octanol–water partition coefficient (Wildman–Crippen LogP) is 0.932. The van der Waals surface area contributed by atoms with Crippen LogP contribution < -0.4 is 15.4 Å². The molecule has 4 nitrogen and oxygen atoms in total. The molecule has 1 aliphatic heterocycles. The predicted molar refractivity (Wildman–Crippen MR) is 63.5 cm³/mol. The number of aromatic nitrogens is 1. The Morgan fingerprint density at radius 2 is 2.50 bits per heavy atom. The standard InChI is InChI=1S/C12H19N3O/c1-16-12-5-4-10(8-15-12)7-13-9-11-3-2-6-14-11/h4-5,8,11,13-14H,2-3,6-7,9H2,1H3. The Labute approximate surface area is 96.4 Å². The number of hydrogen-bond acceptors (Lipinski definition) is 4. The van der Waals surface area contributed by atoms with E-state index in [0.29, 0.717) is 11.9 Å². The highest BCUT2D eigenvalue weighted by atomic mass is 16.5. The van der Waals surface area contributed by atoms with Gasteiger partial charge >= 0.3 is 0 Å². The average molecular weight is 221 g/mol. The molecule has 0 aliphatic carbocycles. The average Bonchev–Trinajstić information content (AvgIpc) is 2.83. The lowest BCUT2D eigenvalue weighted by atomic mass is 10.2. The van der Waals surface area contributed by atoms with Crippen molar-refractivity contribution in [3.63, 3.8) is 0 Å². The van der Waals surface area contributed by atoms with E-state index >= 15 is 0 Å². The first-order valence-electron chi connectivity index (χ1n) is 5.81. The van der Waals surface area contributed by atoms with Crippen molar-refractivity contribution in [3.8, 4) is 5.88 Å². The van der Waals surface area contributed by atoms with E-state index < -0.39 is 0 Å². The van der Waals surface area contributed by atoms with Gasteiger partial charge in [-0.25, -0.2) is 4.98 Å². The molecule has 1 atom stereocenters. The van der Waals surface area contributed by atoms with Crippen LogP contribution in [-0.2, 0) is 6.54 Å². The highest BCUT2D eigenvalue weighted by Crippen LogP contribution is 2.07. The fourth-order valence-electron chi connectivity index (χ4n) is 1.96. The molecule has 1 fully saturated rings. The van der Waals surface area contributed by atoms with Gasteiger partial charge in [-0.1, -0.05) is 6.07 Å². The first-order valence-corrected chi connectivity index (χ1v) is 5.81. The van der Waals surface area contributed by atoms with E-state index in [4.69, 9.17) is 4.74 Å². The van der Waals surface area contributed by atoms with Gasteiger partial charge < -0.3 is 15.4 Å². The van der Waals surface area contributed by atoms with Crippen molar-refractivity contribution in [2.24, 2.45) is 0 Å². The molecule has 0 spiro atoms. The van der Waals surface area contributed by atoms with Gasteiger partial charge in [0, 0.05) is 31.4 Å². The Balaban J connectivity index is 1.71. The van der Waals surface area contributed by atoms with Crippen LogP contribution in [0.3, 0.4) is 0 Å². The molecule has 0 amide bonds. The summed E-state index contributed by atoms with van der Waals surface area (Å²) in [5.41, 5.74) is 1.19. The molecule has 1 saturated heterocycles. The van der Waals surface area contributed by atoms with Gasteiger partial charge in [0.2, 0.25) is 5.88 Å². The Morgan fingerprint density at radius 1 is 1.56 bits per heavy atom. The molecule has 4 heteroatoms. The first kappa shape index (κ1) is 11.4. The summed E-state index contributed by atoms with van der Waals surface area (Å²) < 4.78 is 5.01. The van der Waals surface area contributed by atoms with Gasteiger partial charge in [0.05, 0.1) is 7.11 Å². The second-order valence-electron chi connectivity index (χ2n) is 4.13. The third-order valence-corrected chi connectivity index (χ3v) is 2.89. The number of ether oxygens (including phenoxy) is 1. The molecule has 1 unspecified atom stereocenters. The Bertz CT molecular complexity index is 307. The maximum absolute atomic E-state index is 5.01. The van der Waals surface area contributed by atoms with Gasteiger partial charge in [-0.2, -0.15) is 0 Å². The van der Waals surface area contributed by atoms with Gasteiger partial charge in [0.15, 0.2) is 0 Å². The zero-order chi connectivity index (χ0) is 11.2. The molecule has 88 valence electrons. The smallest absolute Gasteiger partial charge is 0.212 e. The maximum Gasteiger partial charge on any atom is 0.212 e. The van der Waals surface area contributed by atoms with E-state index in [1.165, 1.54) is 18.4 Å². The largest absolute Gasteiger partial charge is 0.481 e. The summed E-state index contributed by atoms with van der Waals surface area (Å²) in [5.74, 6) is 0.668. The molecule has 0 bridgehead atoms. The Kier molecular flexibility index (Phi) is 4.13. The summed E-state index contributed by atoms with van der Waals surface area (Å²) >= 11 is 0. The molecular formula is C12H19N3O. The van der Waals surface area contributed by atoms with Crippen molar-refractivity contribution in [2.45, 2.75) is 25.4 Å². The van der Waals surface area contributed by atoms with E-state index in [-0.39, 0.29) is 0 Å². The summed E-state index contributed by atoms with van der Waals surface area (Å²) in [6, 6.07) is 4.58. The van der Waals surface area contributed by atoms with Crippen molar-refractivity contribution in [1.29, 1.82) is 0 Å². The number of hydrogen-bond donors (Lipinski definition) is 2. The summed E-state index contributed by atoms with van der Waals surface area (Å²) in [4.78, 5) is 4.17. The third-order valence-electron chi connectivity index (χ3n) is 2.89. The van der Waals surface area contributed by atoms with Crippen LogP contribution in [0.25, 0.3) is 0 Å². The lowest BCUT2D eigenvalue weighted by molar-refractivity contribution is 0.397. The number of rotatable bonds is 5. The van der Waals surface area contributed by atoms with E-state index in [1.54, 1.807) is 7.11 Å². The monoisotopic (exact) mass is 221 g/mol. The number of nitrogens with one attached hydrogen (secondary N) is 2. The van der Waals surface area contributed by atoms with Crippen molar-refractivity contribution in [2.75, 3.05) is 20.2 Å². The SMILES string of the molecule is COc1ccc(CNCC2CCCN2)cn1. The van der Waals surface area contributed by atoms with Crippen molar-refractivity contribution in [1.82, 2.24) is 15.6 Å². The number of pyridine rings is 1. The molecule has 16 heavy (non-hydrogen) atoms. The molecule has 1 aromatic heterocycles. The van der Waals surface area contributed by atoms with E-state index in [1.807, 2.05) is 18.3 Å². The van der Waals surface area contributed by atoms with Crippen LogP contribution in [0.1, 0.15) is 18.4 Å². The summed E-state index contributed by atoms with van der Waals surface area (Å²) in [5, 5.41) is 6.90. The topological polar surface area (TPSA) is 46.2 Å².